The first-order valence-corrected chi connectivity index (χ1v) is 10.6. The number of rotatable bonds is 5. The van der Waals surface area contributed by atoms with Crippen LogP contribution in [-0.2, 0) is 10.0 Å². The predicted molar refractivity (Wildman–Crippen MR) is 103 cm³/mol. The fraction of sp³-hybridized carbons (Fsp3) is 0.300. The van der Waals surface area contributed by atoms with Gasteiger partial charge in [-0.1, -0.05) is 17.3 Å². The maximum Gasteiger partial charge on any atom is 0.258 e. The van der Waals surface area contributed by atoms with Gasteiger partial charge in [0.15, 0.2) is 5.82 Å². The van der Waals surface area contributed by atoms with Crippen LogP contribution < -0.4 is 4.74 Å². The smallest absolute Gasteiger partial charge is 0.258 e. The first kappa shape index (κ1) is 19.5. The quantitative estimate of drug-likeness (QED) is 0.632. The van der Waals surface area contributed by atoms with Gasteiger partial charge in [-0.25, -0.2) is 12.8 Å². The Morgan fingerprint density at radius 2 is 1.90 bits per heavy atom. The fourth-order valence-corrected chi connectivity index (χ4v) is 4.91. The van der Waals surface area contributed by atoms with Gasteiger partial charge in [0.05, 0.1) is 12.0 Å². The Morgan fingerprint density at radius 3 is 2.62 bits per heavy atom. The van der Waals surface area contributed by atoms with Crippen LogP contribution in [0.15, 0.2) is 57.9 Å². The van der Waals surface area contributed by atoms with Crippen molar-refractivity contribution in [1.29, 1.82) is 0 Å². The predicted octanol–water partition coefficient (Wildman–Crippen LogP) is 3.45. The maximum absolute atomic E-state index is 13.4. The van der Waals surface area contributed by atoms with E-state index in [4.69, 9.17) is 9.26 Å². The van der Waals surface area contributed by atoms with Crippen LogP contribution in [0.1, 0.15) is 24.6 Å². The lowest BCUT2D eigenvalue weighted by molar-refractivity contribution is 0.307. The van der Waals surface area contributed by atoms with Gasteiger partial charge in [0.1, 0.15) is 11.6 Å². The topological polar surface area (TPSA) is 85.5 Å². The summed E-state index contributed by atoms with van der Waals surface area (Å²) in [5, 5.41) is 4.08. The Hall–Kier alpha value is -2.78. The van der Waals surface area contributed by atoms with Crippen LogP contribution in [0.4, 0.5) is 4.39 Å². The van der Waals surface area contributed by atoms with Crippen molar-refractivity contribution < 1.29 is 22.1 Å². The van der Waals surface area contributed by atoms with Crippen molar-refractivity contribution >= 4 is 10.0 Å². The highest BCUT2D eigenvalue weighted by molar-refractivity contribution is 7.89. The van der Waals surface area contributed by atoms with Crippen molar-refractivity contribution in [3.8, 4) is 17.2 Å². The molecule has 1 saturated heterocycles. The van der Waals surface area contributed by atoms with E-state index in [1.54, 1.807) is 7.11 Å². The Labute approximate surface area is 168 Å². The summed E-state index contributed by atoms with van der Waals surface area (Å²) in [6.07, 6.45) is 1.12. The van der Waals surface area contributed by atoms with E-state index in [0.29, 0.717) is 43.4 Å². The van der Waals surface area contributed by atoms with E-state index >= 15 is 0 Å². The van der Waals surface area contributed by atoms with Crippen LogP contribution in [0, 0.1) is 5.82 Å². The molecule has 3 aromatic rings. The number of piperidine rings is 1. The molecule has 0 N–H and O–H groups in total. The summed E-state index contributed by atoms with van der Waals surface area (Å²) in [7, 11) is -2.13. The minimum atomic E-state index is -3.72. The molecule has 0 bridgehead atoms. The second-order valence-electron chi connectivity index (χ2n) is 6.83. The second-order valence-corrected chi connectivity index (χ2v) is 8.76. The third-order valence-corrected chi connectivity index (χ3v) is 6.91. The summed E-state index contributed by atoms with van der Waals surface area (Å²) < 4.78 is 50.9. The molecule has 0 radical (unpaired) electrons. The van der Waals surface area contributed by atoms with E-state index in [0.717, 1.165) is 11.6 Å². The first-order valence-electron chi connectivity index (χ1n) is 9.21. The van der Waals surface area contributed by atoms with Crippen LogP contribution in [0.2, 0.25) is 0 Å². The van der Waals surface area contributed by atoms with Crippen molar-refractivity contribution in [2.75, 3.05) is 20.2 Å². The van der Waals surface area contributed by atoms with Gasteiger partial charge in [-0.05, 0) is 49.2 Å². The van der Waals surface area contributed by atoms with Crippen LogP contribution in [0.25, 0.3) is 11.5 Å². The molecule has 4 rings (SSSR count). The van der Waals surface area contributed by atoms with Gasteiger partial charge in [0.2, 0.25) is 10.0 Å². The molecule has 0 atom stereocenters. The number of hydrogen-bond donors (Lipinski definition) is 0. The highest BCUT2D eigenvalue weighted by Gasteiger charge is 2.32. The molecule has 9 heteroatoms. The van der Waals surface area contributed by atoms with Gasteiger partial charge in [-0.15, -0.1) is 0 Å². The zero-order valence-electron chi connectivity index (χ0n) is 15.8. The normalized spacial score (nSPS) is 16.1. The molecule has 1 aliphatic heterocycles. The van der Waals surface area contributed by atoms with E-state index in [9.17, 15) is 12.8 Å². The molecule has 29 heavy (non-hydrogen) atoms. The van der Waals surface area contributed by atoms with Crippen molar-refractivity contribution in [3.63, 3.8) is 0 Å². The van der Waals surface area contributed by atoms with Gasteiger partial charge in [-0.3, -0.25) is 0 Å². The molecule has 2 aromatic carbocycles. The van der Waals surface area contributed by atoms with Crippen LogP contribution in [0.5, 0.6) is 5.75 Å². The Balaban J connectivity index is 1.46. The zero-order valence-corrected chi connectivity index (χ0v) is 16.6. The maximum atomic E-state index is 13.4. The lowest BCUT2D eigenvalue weighted by Crippen LogP contribution is -2.38. The summed E-state index contributed by atoms with van der Waals surface area (Å²) in [4.78, 5) is 4.45. The van der Waals surface area contributed by atoms with Crippen molar-refractivity contribution in [2.24, 2.45) is 0 Å². The van der Waals surface area contributed by atoms with E-state index in [1.165, 1.54) is 22.5 Å². The van der Waals surface area contributed by atoms with E-state index in [-0.39, 0.29) is 10.8 Å². The molecule has 2 heterocycles. The van der Waals surface area contributed by atoms with Crippen molar-refractivity contribution in [3.05, 3.63) is 60.2 Å². The lowest BCUT2D eigenvalue weighted by atomic mass is 9.97. The van der Waals surface area contributed by atoms with Gasteiger partial charge in [0.25, 0.3) is 5.89 Å². The highest BCUT2D eigenvalue weighted by atomic mass is 32.2. The molecule has 0 aliphatic carbocycles. The molecule has 1 fully saturated rings. The Kier molecular flexibility index (Phi) is 5.33. The summed E-state index contributed by atoms with van der Waals surface area (Å²) in [5.74, 6) is 1.08. The number of sulfonamides is 1. The second kappa shape index (κ2) is 7.92. The number of aromatic nitrogens is 2. The van der Waals surface area contributed by atoms with Gasteiger partial charge < -0.3 is 9.26 Å². The molecule has 1 aliphatic rings. The van der Waals surface area contributed by atoms with Gasteiger partial charge in [-0.2, -0.15) is 9.29 Å². The average molecular weight is 417 g/mol. The third-order valence-electron chi connectivity index (χ3n) is 5.01. The number of methoxy groups -OCH3 is 1. The fourth-order valence-electron chi connectivity index (χ4n) is 3.40. The molecule has 1 aromatic heterocycles. The van der Waals surface area contributed by atoms with Crippen molar-refractivity contribution in [1.82, 2.24) is 14.4 Å². The summed E-state index contributed by atoms with van der Waals surface area (Å²) >= 11 is 0. The number of nitrogens with zero attached hydrogens (tertiary/aromatic N) is 3. The van der Waals surface area contributed by atoms with Crippen LogP contribution in [-0.4, -0.2) is 43.1 Å². The van der Waals surface area contributed by atoms with Gasteiger partial charge >= 0.3 is 0 Å². The molecule has 0 unspecified atom stereocenters. The molecule has 7 nitrogen and oxygen atoms in total. The summed E-state index contributed by atoms with van der Waals surface area (Å²) in [5.41, 5.74) is 0.759. The van der Waals surface area contributed by atoms with Crippen LogP contribution in [0.3, 0.4) is 0 Å². The Bertz CT molecular complexity index is 1110. The number of benzene rings is 2. The summed E-state index contributed by atoms with van der Waals surface area (Å²) in [6, 6.07) is 12.4. The average Bonchev–Trinajstić information content (AvgIpc) is 3.24. The third kappa shape index (κ3) is 4.01. The minimum Gasteiger partial charge on any atom is -0.497 e. The molecule has 0 amide bonds. The lowest BCUT2D eigenvalue weighted by Gasteiger charge is -2.29. The Morgan fingerprint density at radius 1 is 1.14 bits per heavy atom. The summed E-state index contributed by atoms with van der Waals surface area (Å²) in [6.45, 7) is 0.624. The van der Waals surface area contributed by atoms with E-state index in [1.807, 2.05) is 24.3 Å². The van der Waals surface area contributed by atoms with Crippen LogP contribution >= 0.6 is 0 Å². The molecular weight excluding hydrogens is 397 g/mol. The molecule has 152 valence electrons. The number of ether oxygens (including phenoxy) is 1. The molecule has 0 saturated carbocycles. The minimum absolute atomic E-state index is 0.00272. The molecular formula is C20H20FN3O4S. The van der Waals surface area contributed by atoms with E-state index < -0.39 is 15.8 Å². The zero-order chi connectivity index (χ0) is 20.4. The largest absolute Gasteiger partial charge is 0.497 e. The highest BCUT2D eigenvalue weighted by Crippen LogP contribution is 2.31. The van der Waals surface area contributed by atoms with E-state index in [2.05, 4.69) is 10.1 Å². The monoisotopic (exact) mass is 417 g/mol. The number of halogens is 1. The number of hydrogen-bond acceptors (Lipinski definition) is 6. The van der Waals surface area contributed by atoms with Crippen molar-refractivity contribution in [2.45, 2.75) is 23.7 Å². The molecule has 0 spiro atoms. The standard InChI is InChI=1S/C20H20FN3O4S/c1-27-17-6-2-4-15(12-17)20-22-19(23-28-20)14-8-10-24(11-9-14)29(25,26)18-7-3-5-16(21)13-18/h2-7,12-14H,8-11H2,1H3. The van der Waals surface area contributed by atoms with Gasteiger partial charge in [0, 0.05) is 24.6 Å². The first-order chi connectivity index (χ1) is 14.0. The SMILES string of the molecule is COc1cccc(-c2nc(C3CCN(S(=O)(=O)c4cccc(F)c4)CC3)no2)c1.